The molecule has 0 aromatic rings. The first-order chi connectivity index (χ1) is 3.85. The van der Waals surface area contributed by atoms with Crippen LogP contribution in [0.15, 0.2) is 12.7 Å². The van der Waals surface area contributed by atoms with Gasteiger partial charge in [-0.05, 0) is 0 Å². The Balaban J connectivity index is 0. The molecule has 0 aromatic heterocycles. The quantitative estimate of drug-likeness (QED) is 0.257. The van der Waals surface area contributed by atoms with Crippen LogP contribution in [0.4, 0.5) is 0 Å². The summed E-state index contributed by atoms with van der Waals surface area (Å²) in [7, 11) is 1.68. The zero-order chi connectivity index (χ0) is 6.41. The first-order valence-corrected chi connectivity index (χ1v) is 2.79. The van der Waals surface area contributed by atoms with Crippen LogP contribution in [-0.4, -0.2) is 13.2 Å². The largest absolute Gasteiger partial charge is 1.00 e. The maximum atomic E-state index is 4.98. The molecule has 0 saturated carbocycles. The van der Waals surface area contributed by atoms with E-state index in [1.54, 1.807) is 13.2 Å². The minimum absolute atomic E-state index is 0. The van der Waals surface area contributed by atoms with Crippen molar-refractivity contribution in [1.29, 1.82) is 0 Å². The van der Waals surface area contributed by atoms with Gasteiger partial charge in [0.2, 0.25) is 0 Å². The SMILES string of the molecule is C=CC(CC[CH2-])OC.[Li+]. The third-order valence-electron chi connectivity index (χ3n) is 1.05. The Bertz CT molecular complexity index is 63.9. The Kier molecular flexibility index (Phi) is 11.1. The van der Waals surface area contributed by atoms with E-state index in [0.717, 1.165) is 12.8 Å². The maximum absolute atomic E-state index is 4.98. The van der Waals surface area contributed by atoms with Crippen LogP contribution in [0.25, 0.3) is 0 Å². The van der Waals surface area contributed by atoms with E-state index in [1.165, 1.54) is 0 Å². The third kappa shape index (κ3) is 6.18. The van der Waals surface area contributed by atoms with Crippen LogP contribution in [0.2, 0.25) is 0 Å². The standard InChI is InChI=1S/C7H13O.Li/c1-4-6-7(5-2)8-3;/h5,7H,1-2,4,6H2,3H3;/q-1;+1. The molecule has 0 fully saturated rings. The van der Waals surface area contributed by atoms with Gasteiger partial charge in [-0.3, -0.25) is 0 Å². The molecule has 1 nitrogen and oxygen atoms in total. The van der Waals surface area contributed by atoms with Gasteiger partial charge in [0.1, 0.15) is 0 Å². The van der Waals surface area contributed by atoms with Gasteiger partial charge in [0.15, 0.2) is 0 Å². The second-order valence-electron chi connectivity index (χ2n) is 1.65. The Morgan fingerprint density at radius 2 is 2.33 bits per heavy atom. The normalized spacial score (nSPS) is 11.8. The minimum atomic E-state index is 0. The van der Waals surface area contributed by atoms with Crippen LogP contribution in [0.1, 0.15) is 12.8 Å². The summed E-state index contributed by atoms with van der Waals surface area (Å²) in [5.74, 6) is 0. The summed E-state index contributed by atoms with van der Waals surface area (Å²) in [6, 6.07) is 0. The van der Waals surface area contributed by atoms with E-state index in [2.05, 4.69) is 13.5 Å². The number of hydrogen-bond acceptors (Lipinski definition) is 1. The third-order valence-corrected chi connectivity index (χ3v) is 1.05. The van der Waals surface area contributed by atoms with Gasteiger partial charge in [-0.15, -0.1) is 6.58 Å². The van der Waals surface area contributed by atoms with Crippen molar-refractivity contribution in [3.05, 3.63) is 19.6 Å². The smallest absolute Gasteiger partial charge is 0.378 e. The van der Waals surface area contributed by atoms with E-state index in [1.807, 2.05) is 0 Å². The van der Waals surface area contributed by atoms with E-state index >= 15 is 0 Å². The molecule has 0 aliphatic carbocycles. The summed E-state index contributed by atoms with van der Waals surface area (Å²) < 4.78 is 4.98. The van der Waals surface area contributed by atoms with Crippen LogP contribution in [0.3, 0.4) is 0 Å². The maximum Gasteiger partial charge on any atom is 1.00 e. The van der Waals surface area contributed by atoms with Gasteiger partial charge in [0.25, 0.3) is 0 Å². The number of ether oxygens (including phenoxy) is 1. The minimum Gasteiger partial charge on any atom is -0.378 e. The average Bonchev–Trinajstić information content (AvgIpc) is 1.83. The van der Waals surface area contributed by atoms with Gasteiger partial charge >= 0.3 is 18.9 Å². The van der Waals surface area contributed by atoms with E-state index in [4.69, 9.17) is 4.74 Å². The molecule has 48 valence electrons. The first kappa shape index (κ1) is 12.0. The summed E-state index contributed by atoms with van der Waals surface area (Å²) in [4.78, 5) is 0. The topological polar surface area (TPSA) is 9.23 Å². The molecule has 0 aliphatic rings. The summed E-state index contributed by atoms with van der Waals surface area (Å²) >= 11 is 0. The zero-order valence-corrected chi connectivity index (χ0v) is 6.39. The molecule has 0 radical (unpaired) electrons. The van der Waals surface area contributed by atoms with Gasteiger partial charge < -0.3 is 11.7 Å². The van der Waals surface area contributed by atoms with E-state index in [0.29, 0.717) is 0 Å². The summed E-state index contributed by atoms with van der Waals surface area (Å²) in [6.45, 7) is 7.29. The second-order valence-corrected chi connectivity index (χ2v) is 1.65. The molecule has 0 saturated heterocycles. The van der Waals surface area contributed by atoms with Crippen LogP contribution in [0.5, 0.6) is 0 Å². The van der Waals surface area contributed by atoms with Crippen molar-refractivity contribution in [3.8, 4) is 0 Å². The molecule has 0 heterocycles. The van der Waals surface area contributed by atoms with Crippen molar-refractivity contribution in [2.45, 2.75) is 18.9 Å². The predicted molar refractivity (Wildman–Crippen MR) is 35.6 cm³/mol. The molecule has 0 bridgehead atoms. The molecule has 0 spiro atoms. The molecular formula is C7H13LiO. The summed E-state index contributed by atoms with van der Waals surface area (Å²) in [6.07, 6.45) is 3.88. The predicted octanol–water partition coefficient (Wildman–Crippen LogP) is -1.19. The van der Waals surface area contributed by atoms with Gasteiger partial charge in [-0.25, -0.2) is 0 Å². The fourth-order valence-corrected chi connectivity index (χ4v) is 0.533. The van der Waals surface area contributed by atoms with Crippen LogP contribution in [-0.2, 0) is 4.74 Å². The molecule has 9 heavy (non-hydrogen) atoms. The number of methoxy groups -OCH3 is 1. The van der Waals surface area contributed by atoms with Gasteiger partial charge in [0, 0.05) is 7.11 Å². The molecule has 0 amide bonds. The summed E-state index contributed by atoms with van der Waals surface area (Å²) in [5.41, 5.74) is 0. The molecule has 1 unspecified atom stereocenters. The van der Waals surface area contributed by atoms with Crippen molar-refractivity contribution in [2.75, 3.05) is 7.11 Å². The van der Waals surface area contributed by atoms with E-state index in [-0.39, 0.29) is 25.0 Å². The zero-order valence-electron chi connectivity index (χ0n) is 6.39. The Labute approximate surface area is 69.7 Å². The Morgan fingerprint density at radius 3 is 2.44 bits per heavy atom. The number of rotatable bonds is 4. The Hall–Kier alpha value is 0.297. The second kappa shape index (κ2) is 8.30. The van der Waals surface area contributed by atoms with Crippen molar-refractivity contribution in [2.24, 2.45) is 0 Å². The number of hydrogen-bond donors (Lipinski definition) is 0. The van der Waals surface area contributed by atoms with E-state index < -0.39 is 0 Å². The first-order valence-electron chi connectivity index (χ1n) is 2.79. The van der Waals surface area contributed by atoms with Crippen LogP contribution < -0.4 is 18.9 Å². The van der Waals surface area contributed by atoms with Crippen molar-refractivity contribution in [1.82, 2.24) is 0 Å². The molecule has 0 N–H and O–H groups in total. The fraction of sp³-hybridized carbons (Fsp3) is 0.571. The van der Waals surface area contributed by atoms with Crippen molar-refractivity contribution in [3.63, 3.8) is 0 Å². The molecular weight excluding hydrogens is 107 g/mol. The van der Waals surface area contributed by atoms with Crippen LogP contribution >= 0.6 is 0 Å². The van der Waals surface area contributed by atoms with Gasteiger partial charge in [-0.2, -0.15) is 6.42 Å². The van der Waals surface area contributed by atoms with Gasteiger partial charge in [-0.1, -0.05) is 12.5 Å². The molecule has 0 rings (SSSR count). The fourth-order valence-electron chi connectivity index (χ4n) is 0.533. The Morgan fingerprint density at radius 1 is 1.78 bits per heavy atom. The molecule has 0 aliphatic heterocycles. The van der Waals surface area contributed by atoms with E-state index in [9.17, 15) is 0 Å². The average molecular weight is 120 g/mol. The van der Waals surface area contributed by atoms with Gasteiger partial charge in [0.05, 0.1) is 6.10 Å². The summed E-state index contributed by atoms with van der Waals surface area (Å²) in [5, 5.41) is 0. The molecule has 0 aromatic carbocycles. The molecule has 1 atom stereocenters. The monoisotopic (exact) mass is 120 g/mol. The van der Waals surface area contributed by atoms with Crippen LogP contribution in [0, 0.1) is 6.92 Å². The van der Waals surface area contributed by atoms with Crippen molar-refractivity contribution < 1.29 is 23.6 Å². The molecule has 2 heteroatoms. The van der Waals surface area contributed by atoms with Crippen molar-refractivity contribution >= 4 is 0 Å².